The van der Waals surface area contributed by atoms with Crippen LogP contribution in [0.3, 0.4) is 0 Å². The van der Waals surface area contributed by atoms with Gasteiger partial charge < -0.3 is 5.11 Å². The smallest absolute Gasteiger partial charge is 0.161 e. The fourth-order valence-corrected chi connectivity index (χ4v) is 4.14. The van der Waals surface area contributed by atoms with E-state index in [1.165, 1.54) is 4.70 Å². The van der Waals surface area contributed by atoms with Crippen LogP contribution in [0.5, 0.6) is 0 Å². The van der Waals surface area contributed by atoms with E-state index in [2.05, 4.69) is 11.1 Å². The molecule has 2 aromatic rings. The van der Waals surface area contributed by atoms with E-state index in [4.69, 9.17) is 5.11 Å². The second kappa shape index (κ2) is 5.02. The molecule has 5 heteroatoms. The first-order valence-electron chi connectivity index (χ1n) is 4.16. The molecule has 1 heterocycles. The lowest BCUT2D eigenvalue weighted by Gasteiger charge is -1.91. The lowest BCUT2D eigenvalue weighted by molar-refractivity contribution is 0.323. The minimum absolute atomic E-state index is 0.225. The van der Waals surface area contributed by atoms with Gasteiger partial charge in [-0.2, -0.15) is 0 Å². The van der Waals surface area contributed by atoms with Crippen molar-refractivity contribution in [3.8, 4) is 0 Å². The first-order chi connectivity index (χ1) is 6.90. The number of aromatic nitrogens is 1. The van der Waals surface area contributed by atoms with Crippen LogP contribution < -0.4 is 0 Å². The highest BCUT2D eigenvalue weighted by atomic mass is 33.1. The summed E-state index contributed by atoms with van der Waals surface area (Å²) in [6.07, 6.45) is 0. The van der Waals surface area contributed by atoms with E-state index in [1.54, 1.807) is 32.9 Å². The Labute approximate surface area is 94.1 Å². The number of hydrogen-bond acceptors (Lipinski definition) is 5. The van der Waals surface area contributed by atoms with Crippen molar-refractivity contribution in [1.29, 1.82) is 0 Å². The van der Waals surface area contributed by atoms with Crippen molar-refractivity contribution in [1.82, 2.24) is 4.98 Å². The average Bonchev–Trinajstić information content (AvgIpc) is 2.60. The Morgan fingerprint density at radius 3 is 3.00 bits per heavy atom. The summed E-state index contributed by atoms with van der Waals surface area (Å²) < 4.78 is 2.28. The summed E-state index contributed by atoms with van der Waals surface area (Å²) in [4.78, 5) is 4.46. The van der Waals surface area contributed by atoms with Gasteiger partial charge in [0.15, 0.2) is 4.34 Å². The number of rotatable bonds is 4. The Balaban J connectivity index is 2.11. The van der Waals surface area contributed by atoms with Gasteiger partial charge in [-0.25, -0.2) is 4.98 Å². The van der Waals surface area contributed by atoms with Crippen LogP contribution >= 0.6 is 32.9 Å². The number of fused-ring (bicyclic) bond motifs is 1. The van der Waals surface area contributed by atoms with E-state index in [1.807, 2.05) is 18.2 Å². The molecular formula is C9H9NOS3. The van der Waals surface area contributed by atoms with Crippen LogP contribution in [0.4, 0.5) is 0 Å². The predicted molar refractivity (Wildman–Crippen MR) is 65.0 cm³/mol. The van der Waals surface area contributed by atoms with Crippen molar-refractivity contribution in [2.24, 2.45) is 0 Å². The predicted octanol–water partition coefficient (Wildman–Crippen LogP) is 3.03. The van der Waals surface area contributed by atoms with Crippen molar-refractivity contribution >= 4 is 43.1 Å². The summed E-state index contributed by atoms with van der Waals surface area (Å²) in [7, 11) is 3.27. The Morgan fingerprint density at radius 1 is 1.36 bits per heavy atom. The van der Waals surface area contributed by atoms with E-state index in [9.17, 15) is 0 Å². The summed E-state index contributed by atoms with van der Waals surface area (Å²) in [5, 5.41) is 8.63. The second-order valence-corrected chi connectivity index (χ2v) is 6.27. The summed E-state index contributed by atoms with van der Waals surface area (Å²) in [6.45, 7) is 0.225. The van der Waals surface area contributed by atoms with E-state index >= 15 is 0 Å². The number of aliphatic hydroxyl groups excluding tert-OH is 1. The third kappa shape index (κ3) is 2.42. The van der Waals surface area contributed by atoms with Crippen LogP contribution in [-0.2, 0) is 0 Å². The molecule has 0 saturated carbocycles. The normalized spacial score (nSPS) is 10.9. The quantitative estimate of drug-likeness (QED) is 0.661. The maximum absolute atomic E-state index is 8.63. The third-order valence-electron chi connectivity index (χ3n) is 1.58. The number of hydrogen-bond donors (Lipinski definition) is 1. The van der Waals surface area contributed by atoms with Crippen molar-refractivity contribution in [2.75, 3.05) is 12.4 Å². The molecule has 1 aromatic heterocycles. The zero-order chi connectivity index (χ0) is 9.80. The molecular weight excluding hydrogens is 234 g/mol. The zero-order valence-electron chi connectivity index (χ0n) is 7.34. The molecule has 0 bridgehead atoms. The summed E-state index contributed by atoms with van der Waals surface area (Å²) in [5.74, 6) is 0.751. The molecule has 0 atom stereocenters. The fraction of sp³-hybridized carbons (Fsp3) is 0.222. The van der Waals surface area contributed by atoms with Gasteiger partial charge in [0.2, 0.25) is 0 Å². The molecule has 1 N–H and O–H groups in total. The molecule has 2 rings (SSSR count). The maximum atomic E-state index is 8.63. The number of para-hydroxylation sites is 1. The van der Waals surface area contributed by atoms with Crippen molar-refractivity contribution in [2.45, 2.75) is 4.34 Å². The minimum atomic E-state index is 0.225. The summed E-state index contributed by atoms with van der Waals surface area (Å²) in [6, 6.07) is 8.12. The van der Waals surface area contributed by atoms with Crippen LogP contribution in [0.25, 0.3) is 10.2 Å². The first kappa shape index (κ1) is 10.3. The molecule has 1 aromatic carbocycles. The molecule has 0 saturated heterocycles. The molecule has 0 radical (unpaired) electrons. The second-order valence-electron chi connectivity index (χ2n) is 2.58. The minimum Gasteiger partial charge on any atom is -0.395 e. The Bertz CT molecular complexity index is 382. The molecule has 2 nitrogen and oxygen atoms in total. The lowest BCUT2D eigenvalue weighted by Crippen LogP contribution is -1.81. The van der Waals surface area contributed by atoms with Crippen LogP contribution in [-0.4, -0.2) is 22.5 Å². The van der Waals surface area contributed by atoms with Gasteiger partial charge in [-0.15, -0.1) is 11.3 Å². The molecule has 0 fully saturated rings. The largest absolute Gasteiger partial charge is 0.395 e. The maximum Gasteiger partial charge on any atom is 0.161 e. The van der Waals surface area contributed by atoms with Crippen molar-refractivity contribution < 1.29 is 5.11 Å². The van der Waals surface area contributed by atoms with E-state index in [-0.39, 0.29) is 6.61 Å². The van der Waals surface area contributed by atoms with Gasteiger partial charge in [-0.1, -0.05) is 22.9 Å². The van der Waals surface area contributed by atoms with Gasteiger partial charge in [-0.05, 0) is 22.9 Å². The molecule has 14 heavy (non-hydrogen) atoms. The molecule has 0 aliphatic heterocycles. The highest BCUT2D eigenvalue weighted by Crippen LogP contribution is 2.36. The standard InChI is InChI=1S/C9H9NOS3/c11-5-6-12-14-9-10-7-3-1-2-4-8(7)13-9/h1-4,11H,5-6H2. The number of aliphatic hydroxyl groups is 1. The van der Waals surface area contributed by atoms with Crippen LogP contribution in [0.1, 0.15) is 0 Å². The number of nitrogens with zero attached hydrogens (tertiary/aromatic N) is 1. The van der Waals surface area contributed by atoms with Crippen molar-refractivity contribution in [3.05, 3.63) is 24.3 Å². The first-order valence-corrected chi connectivity index (χ1v) is 7.29. The van der Waals surface area contributed by atoms with E-state index in [0.717, 1.165) is 15.6 Å². The SMILES string of the molecule is OCCSSc1nc2ccccc2s1. The topological polar surface area (TPSA) is 33.1 Å². The number of benzene rings is 1. The average molecular weight is 243 g/mol. The molecule has 0 spiro atoms. The number of thiazole rings is 1. The Kier molecular flexibility index (Phi) is 3.69. The highest BCUT2D eigenvalue weighted by Gasteiger charge is 2.03. The van der Waals surface area contributed by atoms with Gasteiger partial charge in [-0.3, -0.25) is 0 Å². The van der Waals surface area contributed by atoms with Gasteiger partial charge in [0.1, 0.15) is 0 Å². The van der Waals surface area contributed by atoms with Gasteiger partial charge in [0, 0.05) is 5.75 Å². The Hall–Kier alpha value is -0.230. The molecule has 0 unspecified atom stereocenters. The summed E-state index contributed by atoms with van der Waals surface area (Å²) >= 11 is 1.70. The highest BCUT2D eigenvalue weighted by molar-refractivity contribution is 8.77. The monoisotopic (exact) mass is 243 g/mol. The molecule has 0 aliphatic rings. The van der Waals surface area contributed by atoms with Crippen LogP contribution in [0.15, 0.2) is 28.6 Å². The molecule has 0 amide bonds. The van der Waals surface area contributed by atoms with Crippen molar-refractivity contribution in [3.63, 3.8) is 0 Å². The fourth-order valence-electron chi connectivity index (χ4n) is 1.02. The van der Waals surface area contributed by atoms with Gasteiger partial charge >= 0.3 is 0 Å². The molecule has 74 valence electrons. The zero-order valence-corrected chi connectivity index (χ0v) is 9.79. The van der Waals surface area contributed by atoms with Crippen LogP contribution in [0, 0.1) is 0 Å². The van der Waals surface area contributed by atoms with Gasteiger partial charge in [0.05, 0.1) is 16.8 Å². The summed E-state index contributed by atoms with van der Waals surface area (Å²) in [5.41, 5.74) is 1.06. The third-order valence-corrected chi connectivity index (χ3v) is 5.25. The molecule has 0 aliphatic carbocycles. The van der Waals surface area contributed by atoms with Crippen LogP contribution in [0.2, 0.25) is 0 Å². The lowest BCUT2D eigenvalue weighted by atomic mass is 10.3. The Morgan fingerprint density at radius 2 is 2.21 bits per heavy atom. The van der Waals surface area contributed by atoms with E-state index < -0.39 is 0 Å². The van der Waals surface area contributed by atoms with Gasteiger partial charge in [0.25, 0.3) is 0 Å². The van der Waals surface area contributed by atoms with E-state index in [0.29, 0.717) is 0 Å².